The summed E-state index contributed by atoms with van der Waals surface area (Å²) in [7, 11) is 4.48. The lowest BCUT2D eigenvalue weighted by atomic mass is 9.94. The number of Topliss-reactive ketones (excluding diaryl/α,β-unsaturated/α-hetero) is 1. The largest absolute Gasteiger partial charge is 0.506 e. The molecule has 7 heteroatoms. The molecule has 3 aromatic carbocycles. The second-order valence-electron chi connectivity index (χ2n) is 8.27. The molecule has 1 N–H and O–H groups in total. The smallest absolute Gasteiger partial charge is 0.300 e. The third kappa shape index (κ3) is 4.10. The first-order valence-electron chi connectivity index (χ1n) is 11.1. The van der Waals surface area contributed by atoms with Crippen LogP contribution in [0.2, 0.25) is 0 Å². The summed E-state index contributed by atoms with van der Waals surface area (Å²) < 4.78 is 16.2. The van der Waals surface area contributed by atoms with Crippen molar-refractivity contribution in [2.24, 2.45) is 0 Å². The number of amides is 1. The molecule has 0 aromatic heterocycles. The van der Waals surface area contributed by atoms with Crippen LogP contribution in [0.3, 0.4) is 0 Å². The Morgan fingerprint density at radius 3 is 2.03 bits per heavy atom. The Kier molecular flexibility index (Phi) is 6.51. The summed E-state index contributed by atoms with van der Waals surface area (Å²) in [5.74, 6) is -0.639. The first-order valence-corrected chi connectivity index (χ1v) is 11.1. The first kappa shape index (κ1) is 23.9. The van der Waals surface area contributed by atoms with Gasteiger partial charge in [0.05, 0.1) is 32.9 Å². The Hall–Kier alpha value is -4.26. The highest BCUT2D eigenvalue weighted by Gasteiger charge is 2.47. The maximum atomic E-state index is 13.5. The van der Waals surface area contributed by atoms with E-state index in [4.69, 9.17) is 14.2 Å². The average molecular weight is 474 g/mol. The van der Waals surface area contributed by atoms with Crippen molar-refractivity contribution in [1.82, 2.24) is 0 Å². The summed E-state index contributed by atoms with van der Waals surface area (Å²) in [6.07, 6.45) is 0. The molecule has 1 fully saturated rings. The minimum atomic E-state index is -0.878. The number of hydrogen-bond donors (Lipinski definition) is 1. The fraction of sp³-hybridized carbons (Fsp3) is 0.214. The van der Waals surface area contributed by atoms with Crippen LogP contribution in [0.15, 0.2) is 66.2 Å². The molecule has 180 valence electrons. The van der Waals surface area contributed by atoms with E-state index in [0.29, 0.717) is 28.5 Å². The summed E-state index contributed by atoms with van der Waals surface area (Å²) in [5.41, 5.74) is 3.24. The molecule has 7 nitrogen and oxygen atoms in total. The van der Waals surface area contributed by atoms with Crippen molar-refractivity contribution in [3.8, 4) is 17.2 Å². The van der Waals surface area contributed by atoms with Crippen LogP contribution in [0.25, 0.3) is 5.76 Å². The number of hydrogen-bond acceptors (Lipinski definition) is 6. The van der Waals surface area contributed by atoms with Gasteiger partial charge in [0.1, 0.15) is 28.6 Å². The monoisotopic (exact) mass is 473 g/mol. The van der Waals surface area contributed by atoms with E-state index >= 15 is 0 Å². The summed E-state index contributed by atoms with van der Waals surface area (Å²) in [6.45, 7) is 3.84. The van der Waals surface area contributed by atoms with Crippen molar-refractivity contribution >= 4 is 23.1 Å². The maximum absolute atomic E-state index is 13.5. The average Bonchev–Trinajstić information content (AvgIpc) is 3.13. The van der Waals surface area contributed by atoms with E-state index in [1.165, 1.54) is 19.1 Å². The van der Waals surface area contributed by atoms with Crippen LogP contribution in [-0.2, 0) is 9.59 Å². The van der Waals surface area contributed by atoms with Gasteiger partial charge in [0.2, 0.25) is 0 Å². The Bertz CT molecular complexity index is 1300. The zero-order valence-corrected chi connectivity index (χ0v) is 20.3. The molecule has 0 spiro atoms. The SMILES string of the molecule is COc1ccc(C2/C(=C(\O)c3c(OC)cccc3OC)C(=O)C(=O)N2c2ccc(C)cc2C)cc1. The lowest BCUT2D eigenvalue weighted by Crippen LogP contribution is -2.30. The van der Waals surface area contributed by atoms with Crippen LogP contribution in [0.1, 0.15) is 28.3 Å². The number of aliphatic hydroxyl groups excluding tert-OH is 1. The van der Waals surface area contributed by atoms with Gasteiger partial charge in [0.25, 0.3) is 11.7 Å². The summed E-state index contributed by atoms with van der Waals surface area (Å²) in [5, 5.41) is 11.5. The Morgan fingerprint density at radius 2 is 1.49 bits per heavy atom. The quantitative estimate of drug-likeness (QED) is 0.310. The molecule has 1 aliphatic heterocycles. The molecule has 1 amide bonds. The fourth-order valence-corrected chi connectivity index (χ4v) is 4.48. The van der Waals surface area contributed by atoms with Crippen molar-refractivity contribution < 1.29 is 28.9 Å². The number of aryl methyl sites for hydroxylation is 2. The maximum Gasteiger partial charge on any atom is 0.300 e. The summed E-state index contributed by atoms with van der Waals surface area (Å²) in [4.78, 5) is 28.4. The molecular formula is C28H27NO6. The molecule has 4 rings (SSSR count). The lowest BCUT2D eigenvalue weighted by Gasteiger charge is -2.27. The molecule has 3 aromatic rings. The molecule has 0 saturated carbocycles. The Balaban J connectivity index is 2.02. The van der Waals surface area contributed by atoms with Gasteiger partial charge in [-0.05, 0) is 55.3 Å². The van der Waals surface area contributed by atoms with Crippen molar-refractivity contribution in [3.05, 3.63) is 88.5 Å². The molecule has 0 bridgehead atoms. The van der Waals surface area contributed by atoms with Gasteiger partial charge in [-0.3, -0.25) is 14.5 Å². The normalized spacial score (nSPS) is 16.9. The number of nitrogens with zero attached hydrogens (tertiary/aromatic N) is 1. The van der Waals surface area contributed by atoms with E-state index in [1.54, 1.807) is 49.6 Å². The second kappa shape index (κ2) is 9.54. The zero-order valence-electron chi connectivity index (χ0n) is 20.3. The van der Waals surface area contributed by atoms with Crippen molar-refractivity contribution in [3.63, 3.8) is 0 Å². The highest BCUT2D eigenvalue weighted by Crippen LogP contribution is 2.46. The first-order chi connectivity index (χ1) is 16.8. The van der Waals surface area contributed by atoms with Crippen LogP contribution in [-0.4, -0.2) is 38.1 Å². The molecule has 0 radical (unpaired) electrons. The molecule has 1 atom stereocenters. The van der Waals surface area contributed by atoms with E-state index < -0.39 is 17.7 Å². The highest BCUT2D eigenvalue weighted by atomic mass is 16.5. The van der Waals surface area contributed by atoms with Crippen molar-refractivity contribution in [2.45, 2.75) is 19.9 Å². The second-order valence-corrected chi connectivity index (χ2v) is 8.27. The predicted molar refractivity (Wildman–Crippen MR) is 133 cm³/mol. The predicted octanol–water partition coefficient (Wildman–Crippen LogP) is 4.96. The summed E-state index contributed by atoms with van der Waals surface area (Å²) >= 11 is 0. The number of anilines is 1. The van der Waals surface area contributed by atoms with E-state index in [9.17, 15) is 14.7 Å². The minimum absolute atomic E-state index is 0.0528. The molecule has 1 aliphatic rings. The fourth-order valence-electron chi connectivity index (χ4n) is 4.48. The van der Waals surface area contributed by atoms with Crippen LogP contribution in [0.5, 0.6) is 17.2 Å². The Morgan fingerprint density at radius 1 is 0.857 bits per heavy atom. The van der Waals surface area contributed by atoms with Gasteiger partial charge in [-0.2, -0.15) is 0 Å². The summed E-state index contributed by atoms with van der Waals surface area (Å²) in [6, 6.07) is 16.8. The van der Waals surface area contributed by atoms with Gasteiger partial charge < -0.3 is 19.3 Å². The van der Waals surface area contributed by atoms with Gasteiger partial charge in [0.15, 0.2) is 0 Å². The van der Waals surface area contributed by atoms with Crippen LogP contribution in [0.4, 0.5) is 5.69 Å². The topological polar surface area (TPSA) is 85.3 Å². The van der Waals surface area contributed by atoms with Crippen molar-refractivity contribution in [2.75, 3.05) is 26.2 Å². The van der Waals surface area contributed by atoms with Crippen LogP contribution >= 0.6 is 0 Å². The number of carbonyl (C=O) groups is 2. The van der Waals surface area contributed by atoms with E-state index in [2.05, 4.69) is 0 Å². The Labute approximate surface area is 204 Å². The number of ether oxygens (including phenoxy) is 3. The molecule has 35 heavy (non-hydrogen) atoms. The van der Waals surface area contributed by atoms with Gasteiger partial charge in [-0.1, -0.05) is 35.9 Å². The third-order valence-corrected chi connectivity index (χ3v) is 6.15. The molecular weight excluding hydrogens is 446 g/mol. The van der Waals surface area contributed by atoms with E-state index in [1.807, 2.05) is 32.0 Å². The molecule has 1 saturated heterocycles. The minimum Gasteiger partial charge on any atom is -0.506 e. The number of rotatable bonds is 6. The molecule has 0 aliphatic carbocycles. The highest BCUT2D eigenvalue weighted by molar-refractivity contribution is 6.51. The standard InChI is InChI=1S/C28H27NO6/c1-16-9-14-20(17(2)15-16)29-25(18-10-12-19(33-3)13-11-18)24(27(31)28(29)32)26(30)23-21(34-4)7-6-8-22(23)35-5/h6-15,25,30H,1-5H3/b26-24+. The number of ketones is 1. The van der Waals surface area contributed by atoms with E-state index in [-0.39, 0.29) is 16.9 Å². The lowest BCUT2D eigenvalue weighted by molar-refractivity contribution is -0.132. The van der Waals surface area contributed by atoms with Crippen LogP contribution in [0, 0.1) is 13.8 Å². The van der Waals surface area contributed by atoms with Gasteiger partial charge in [-0.25, -0.2) is 0 Å². The van der Waals surface area contributed by atoms with Gasteiger partial charge >= 0.3 is 0 Å². The van der Waals surface area contributed by atoms with E-state index in [0.717, 1.165) is 11.1 Å². The van der Waals surface area contributed by atoms with Gasteiger partial charge in [-0.15, -0.1) is 0 Å². The van der Waals surface area contributed by atoms with Crippen LogP contribution < -0.4 is 19.1 Å². The number of carbonyl (C=O) groups excluding carboxylic acids is 2. The molecule has 1 heterocycles. The molecule has 1 unspecified atom stereocenters. The number of benzene rings is 3. The number of aliphatic hydroxyl groups is 1. The number of methoxy groups -OCH3 is 3. The third-order valence-electron chi connectivity index (χ3n) is 6.15. The van der Waals surface area contributed by atoms with Gasteiger partial charge in [0, 0.05) is 5.69 Å². The zero-order chi connectivity index (χ0) is 25.3. The van der Waals surface area contributed by atoms with Crippen molar-refractivity contribution in [1.29, 1.82) is 0 Å².